The summed E-state index contributed by atoms with van der Waals surface area (Å²) in [4.78, 5) is 14.2. The van der Waals surface area contributed by atoms with E-state index < -0.39 is 11.6 Å². The summed E-state index contributed by atoms with van der Waals surface area (Å²) < 4.78 is 35.0. The second-order valence-electron chi connectivity index (χ2n) is 7.02. The summed E-state index contributed by atoms with van der Waals surface area (Å²) in [5.74, 6) is 0.248. The van der Waals surface area contributed by atoms with Gasteiger partial charge in [0, 0.05) is 38.2 Å². The highest BCUT2D eigenvalue weighted by atomic mass is 19.1. The molecule has 0 spiro atoms. The van der Waals surface area contributed by atoms with Crippen LogP contribution in [0.5, 0.6) is 0 Å². The summed E-state index contributed by atoms with van der Waals surface area (Å²) >= 11 is 0. The van der Waals surface area contributed by atoms with Gasteiger partial charge in [0.25, 0.3) is 5.91 Å². The Morgan fingerprint density at radius 2 is 1.97 bits per heavy atom. The number of hydrogen-bond donors (Lipinski definition) is 1. The second-order valence-corrected chi connectivity index (χ2v) is 7.02. The number of fused-ring (bicyclic) bond motifs is 1. The first-order valence-corrected chi connectivity index (χ1v) is 9.44. The van der Waals surface area contributed by atoms with Crippen molar-refractivity contribution < 1.29 is 18.0 Å². The molecule has 7 nitrogen and oxygen atoms in total. The minimum absolute atomic E-state index is 0.0736. The Morgan fingerprint density at radius 3 is 2.69 bits per heavy atom. The van der Waals surface area contributed by atoms with Crippen LogP contribution in [-0.4, -0.2) is 38.7 Å². The fraction of sp³-hybridized carbons (Fsp3) is 0.350. The number of benzene rings is 1. The largest absolute Gasteiger partial charge is 0.459 e. The lowest BCUT2D eigenvalue weighted by atomic mass is 10.2. The molecule has 0 aliphatic carbocycles. The van der Waals surface area contributed by atoms with Crippen molar-refractivity contribution in [2.75, 3.05) is 13.1 Å². The van der Waals surface area contributed by atoms with Gasteiger partial charge in [0.1, 0.15) is 17.5 Å². The number of rotatable bonds is 5. The van der Waals surface area contributed by atoms with E-state index in [-0.39, 0.29) is 29.8 Å². The van der Waals surface area contributed by atoms with Gasteiger partial charge in [0.15, 0.2) is 11.6 Å². The third-order valence-electron chi connectivity index (χ3n) is 5.07. The van der Waals surface area contributed by atoms with Crippen molar-refractivity contribution in [3.8, 4) is 0 Å². The third kappa shape index (κ3) is 4.04. The Morgan fingerprint density at radius 1 is 1.17 bits per heavy atom. The van der Waals surface area contributed by atoms with Gasteiger partial charge in [-0.15, -0.1) is 10.2 Å². The van der Waals surface area contributed by atoms with Gasteiger partial charge in [0.05, 0.1) is 12.3 Å². The van der Waals surface area contributed by atoms with Crippen LogP contribution in [0.2, 0.25) is 0 Å². The van der Waals surface area contributed by atoms with E-state index >= 15 is 0 Å². The van der Waals surface area contributed by atoms with E-state index in [2.05, 4.69) is 15.5 Å². The van der Waals surface area contributed by atoms with Gasteiger partial charge >= 0.3 is 0 Å². The predicted molar refractivity (Wildman–Crippen MR) is 100.0 cm³/mol. The predicted octanol–water partition coefficient (Wildman–Crippen LogP) is 2.70. The fourth-order valence-electron chi connectivity index (χ4n) is 3.51. The number of nitrogens with zero attached hydrogens (tertiary/aromatic N) is 4. The standard InChI is InChI=1S/C20H21F2N5O2/c1-13(23-20(28)17-6-3-11-29-17)19-25-24-18-7-8-26(9-10-27(18)19)12-14-15(21)4-2-5-16(14)22/h2-6,11,13H,7-10,12H2,1H3,(H,23,28)/t13-/m0/s1. The van der Waals surface area contributed by atoms with Gasteiger partial charge in [-0.3, -0.25) is 9.69 Å². The first kappa shape index (κ1) is 19.3. The fourth-order valence-corrected chi connectivity index (χ4v) is 3.51. The quantitative estimate of drug-likeness (QED) is 0.712. The van der Waals surface area contributed by atoms with E-state index in [1.54, 1.807) is 12.1 Å². The Hall–Kier alpha value is -3.07. The lowest BCUT2D eigenvalue weighted by Gasteiger charge is -2.20. The average molecular weight is 401 g/mol. The molecule has 1 aliphatic rings. The summed E-state index contributed by atoms with van der Waals surface area (Å²) in [7, 11) is 0. The molecule has 29 heavy (non-hydrogen) atoms. The van der Waals surface area contributed by atoms with Crippen LogP contribution in [0.25, 0.3) is 0 Å². The van der Waals surface area contributed by atoms with E-state index in [1.807, 2.05) is 16.4 Å². The summed E-state index contributed by atoms with van der Waals surface area (Å²) in [5.41, 5.74) is 0.0736. The molecule has 0 bridgehead atoms. The van der Waals surface area contributed by atoms with Crippen LogP contribution in [-0.2, 0) is 19.5 Å². The first-order valence-electron chi connectivity index (χ1n) is 9.44. The number of halogens is 2. The lowest BCUT2D eigenvalue weighted by Crippen LogP contribution is -2.30. The molecular formula is C20H21F2N5O2. The van der Waals surface area contributed by atoms with Gasteiger partial charge in [-0.25, -0.2) is 8.78 Å². The van der Waals surface area contributed by atoms with Crippen molar-refractivity contribution in [1.82, 2.24) is 25.0 Å². The average Bonchev–Trinajstić information content (AvgIpc) is 3.33. The molecule has 1 amide bonds. The Labute approximate surface area is 166 Å². The zero-order valence-electron chi connectivity index (χ0n) is 15.9. The van der Waals surface area contributed by atoms with Crippen molar-refractivity contribution in [1.29, 1.82) is 0 Å². The zero-order chi connectivity index (χ0) is 20.4. The number of amides is 1. The SMILES string of the molecule is C[C@H](NC(=O)c1ccco1)c1nnc2n1CCN(Cc1c(F)cccc1F)CC2. The third-order valence-corrected chi connectivity index (χ3v) is 5.07. The molecule has 152 valence electrons. The van der Waals surface area contributed by atoms with Crippen LogP contribution < -0.4 is 5.32 Å². The van der Waals surface area contributed by atoms with E-state index in [4.69, 9.17) is 4.42 Å². The Balaban J connectivity index is 1.44. The Bertz CT molecular complexity index is 982. The van der Waals surface area contributed by atoms with E-state index in [0.717, 1.165) is 5.82 Å². The molecule has 3 aromatic rings. The van der Waals surface area contributed by atoms with Gasteiger partial charge in [-0.05, 0) is 31.2 Å². The van der Waals surface area contributed by atoms with Crippen LogP contribution in [0, 0.1) is 11.6 Å². The molecule has 9 heteroatoms. The first-order chi connectivity index (χ1) is 14.0. The molecule has 1 aromatic carbocycles. The lowest BCUT2D eigenvalue weighted by molar-refractivity contribution is 0.0909. The molecule has 1 atom stereocenters. The molecule has 1 N–H and O–H groups in total. The maximum Gasteiger partial charge on any atom is 0.287 e. The summed E-state index contributed by atoms with van der Waals surface area (Å²) in [6, 6.07) is 6.77. The number of nitrogens with one attached hydrogen (secondary N) is 1. The molecule has 0 radical (unpaired) electrons. The molecule has 2 aromatic heterocycles. The monoisotopic (exact) mass is 401 g/mol. The highest BCUT2D eigenvalue weighted by molar-refractivity contribution is 5.91. The highest BCUT2D eigenvalue weighted by Gasteiger charge is 2.24. The number of furan rings is 1. The maximum atomic E-state index is 14.0. The molecular weight excluding hydrogens is 380 g/mol. The summed E-state index contributed by atoms with van der Waals surface area (Å²) in [5, 5.41) is 11.3. The highest BCUT2D eigenvalue weighted by Crippen LogP contribution is 2.19. The second kappa shape index (κ2) is 8.12. The van der Waals surface area contributed by atoms with Crippen LogP contribution >= 0.6 is 0 Å². The van der Waals surface area contributed by atoms with E-state index in [1.165, 1.54) is 24.5 Å². The minimum Gasteiger partial charge on any atom is -0.459 e. The topological polar surface area (TPSA) is 76.2 Å². The molecule has 0 saturated carbocycles. The van der Waals surface area contributed by atoms with Crippen molar-refractivity contribution in [2.24, 2.45) is 0 Å². The molecule has 1 aliphatic heterocycles. The summed E-state index contributed by atoms with van der Waals surface area (Å²) in [6.45, 7) is 3.78. The summed E-state index contributed by atoms with van der Waals surface area (Å²) in [6.07, 6.45) is 2.04. The van der Waals surface area contributed by atoms with Crippen LogP contribution in [0.1, 0.15) is 40.7 Å². The molecule has 0 fully saturated rings. The number of aromatic nitrogens is 3. The molecule has 0 saturated heterocycles. The van der Waals surface area contributed by atoms with Crippen molar-refractivity contribution in [3.05, 3.63) is 71.2 Å². The number of hydrogen-bond acceptors (Lipinski definition) is 5. The zero-order valence-corrected chi connectivity index (χ0v) is 15.9. The van der Waals surface area contributed by atoms with Crippen LogP contribution in [0.3, 0.4) is 0 Å². The number of carbonyl (C=O) groups is 1. The van der Waals surface area contributed by atoms with Gasteiger partial charge in [-0.1, -0.05) is 6.07 Å². The van der Waals surface area contributed by atoms with E-state index in [0.29, 0.717) is 31.9 Å². The van der Waals surface area contributed by atoms with Crippen molar-refractivity contribution in [2.45, 2.75) is 32.5 Å². The minimum atomic E-state index is -0.538. The van der Waals surface area contributed by atoms with Gasteiger partial charge < -0.3 is 14.3 Å². The van der Waals surface area contributed by atoms with Crippen LogP contribution in [0.4, 0.5) is 8.78 Å². The molecule has 0 unspecified atom stereocenters. The van der Waals surface area contributed by atoms with Gasteiger partial charge in [-0.2, -0.15) is 0 Å². The van der Waals surface area contributed by atoms with Crippen LogP contribution in [0.15, 0.2) is 41.0 Å². The van der Waals surface area contributed by atoms with Crippen molar-refractivity contribution in [3.63, 3.8) is 0 Å². The number of carbonyl (C=O) groups excluding carboxylic acids is 1. The molecule has 3 heterocycles. The van der Waals surface area contributed by atoms with E-state index in [9.17, 15) is 13.6 Å². The Kier molecular flexibility index (Phi) is 5.39. The smallest absolute Gasteiger partial charge is 0.287 e. The normalized spacial score (nSPS) is 15.6. The maximum absolute atomic E-state index is 14.0. The van der Waals surface area contributed by atoms with Crippen molar-refractivity contribution >= 4 is 5.91 Å². The molecule has 4 rings (SSSR count). The van der Waals surface area contributed by atoms with Gasteiger partial charge in [0.2, 0.25) is 0 Å².